The Morgan fingerprint density at radius 1 is 0.975 bits per heavy atom. The Labute approximate surface area is 222 Å². The molecule has 0 spiro atoms. The van der Waals surface area contributed by atoms with Gasteiger partial charge in [0.05, 0.1) is 29.4 Å². The van der Waals surface area contributed by atoms with Crippen molar-refractivity contribution in [2.75, 3.05) is 12.8 Å². The molecule has 0 aliphatic rings. The number of carbonyl (C=O) groups is 1. The first-order chi connectivity index (χ1) is 19.0. The highest BCUT2D eigenvalue weighted by molar-refractivity contribution is 5.89. The molecule has 0 unspecified atom stereocenters. The molecule has 0 fully saturated rings. The van der Waals surface area contributed by atoms with Crippen LogP contribution in [0.4, 0.5) is 27.9 Å². The average Bonchev–Trinajstić information content (AvgIpc) is 3.35. The minimum absolute atomic E-state index is 0.0414. The summed E-state index contributed by atoms with van der Waals surface area (Å²) in [7, 11) is 1.20. The van der Waals surface area contributed by atoms with Crippen LogP contribution in [0.5, 0.6) is 11.5 Å². The molecule has 204 valence electrons. The molecule has 5 rings (SSSR count). The van der Waals surface area contributed by atoms with E-state index in [-0.39, 0.29) is 45.3 Å². The van der Waals surface area contributed by atoms with Gasteiger partial charge in [-0.3, -0.25) is 0 Å². The Morgan fingerprint density at radius 3 is 2.35 bits per heavy atom. The number of imidazole rings is 1. The van der Waals surface area contributed by atoms with Crippen LogP contribution in [-0.2, 0) is 10.9 Å². The van der Waals surface area contributed by atoms with Gasteiger partial charge in [-0.25, -0.2) is 28.5 Å². The first-order valence-electron chi connectivity index (χ1n) is 11.5. The molecule has 13 heteroatoms. The SMILES string of the molecule is COC(=O)c1ccc(Oc2ccc(-c3nc4c(F)c(F)c(-c5cnc(N)nc5C)cc4[nH]3)cc2C(F)(F)F)cc1. The number of alkyl halides is 3. The van der Waals surface area contributed by atoms with E-state index in [0.717, 1.165) is 12.1 Å². The predicted molar refractivity (Wildman–Crippen MR) is 134 cm³/mol. The minimum Gasteiger partial charge on any atom is -0.465 e. The van der Waals surface area contributed by atoms with Crippen molar-refractivity contribution < 1.29 is 36.2 Å². The molecule has 0 amide bonds. The second-order valence-electron chi connectivity index (χ2n) is 8.59. The summed E-state index contributed by atoms with van der Waals surface area (Å²) in [4.78, 5) is 26.1. The van der Waals surface area contributed by atoms with Crippen molar-refractivity contribution in [3.05, 3.63) is 83.2 Å². The predicted octanol–water partition coefficient (Wildman–Crippen LogP) is 6.45. The van der Waals surface area contributed by atoms with Crippen LogP contribution < -0.4 is 10.5 Å². The van der Waals surface area contributed by atoms with Gasteiger partial charge < -0.3 is 20.2 Å². The summed E-state index contributed by atoms with van der Waals surface area (Å²) in [6, 6.07) is 9.75. The van der Waals surface area contributed by atoms with Crippen LogP contribution in [0.15, 0.2) is 54.7 Å². The summed E-state index contributed by atoms with van der Waals surface area (Å²) in [5.41, 5.74) is 4.50. The molecule has 0 radical (unpaired) electrons. The molecule has 8 nitrogen and oxygen atoms in total. The van der Waals surface area contributed by atoms with Crippen LogP contribution in [0.25, 0.3) is 33.5 Å². The van der Waals surface area contributed by atoms with Gasteiger partial charge in [0.15, 0.2) is 11.6 Å². The van der Waals surface area contributed by atoms with Crippen molar-refractivity contribution >= 4 is 23.0 Å². The highest BCUT2D eigenvalue weighted by Gasteiger charge is 2.35. The lowest BCUT2D eigenvalue weighted by Gasteiger charge is -2.15. The molecule has 0 atom stereocenters. The number of rotatable bonds is 5. The number of nitrogens with two attached hydrogens (primary N) is 1. The van der Waals surface area contributed by atoms with Gasteiger partial charge in [-0.2, -0.15) is 13.2 Å². The lowest BCUT2D eigenvalue weighted by molar-refractivity contribution is -0.138. The minimum atomic E-state index is -4.83. The Hall–Kier alpha value is -5.07. The number of halogens is 5. The first-order valence-corrected chi connectivity index (χ1v) is 11.5. The van der Waals surface area contributed by atoms with Crippen molar-refractivity contribution in [1.82, 2.24) is 19.9 Å². The van der Waals surface area contributed by atoms with E-state index in [1.165, 1.54) is 49.7 Å². The summed E-state index contributed by atoms with van der Waals surface area (Å²) in [5.74, 6) is -3.78. The van der Waals surface area contributed by atoms with Crippen LogP contribution in [0, 0.1) is 18.6 Å². The molecule has 0 aliphatic carbocycles. The van der Waals surface area contributed by atoms with Gasteiger partial charge in [0.25, 0.3) is 0 Å². The number of benzene rings is 3. The van der Waals surface area contributed by atoms with Crippen molar-refractivity contribution in [2.45, 2.75) is 13.1 Å². The average molecular weight is 555 g/mol. The van der Waals surface area contributed by atoms with E-state index in [1.807, 2.05) is 0 Å². The number of esters is 1. The maximum Gasteiger partial charge on any atom is 0.420 e. The third-order valence-corrected chi connectivity index (χ3v) is 6.01. The summed E-state index contributed by atoms with van der Waals surface area (Å²) in [6.45, 7) is 1.54. The fraction of sp³-hybridized carbons (Fsp3) is 0.111. The Balaban J connectivity index is 1.54. The second-order valence-corrected chi connectivity index (χ2v) is 8.59. The molecule has 3 N–H and O–H groups in total. The number of aromatic amines is 1. The number of aromatic nitrogens is 4. The lowest BCUT2D eigenvalue weighted by atomic mass is 10.0. The van der Waals surface area contributed by atoms with Gasteiger partial charge in [0, 0.05) is 22.9 Å². The molecule has 5 aromatic rings. The summed E-state index contributed by atoms with van der Waals surface area (Å²) < 4.78 is 82.0. The van der Waals surface area contributed by atoms with Crippen LogP contribution in [0.2, 0.25) is 0 Å². The number of ether oxygens (including phenoxy) is 2. The van der Waals surface area contributed by atoms with Crippen LogP contribution in [0.1, 0.15) is 21.6 Å². The van der Waals surface area contributed by atoms with E-state index in [9.17, 15) is 22.4 Å². The molecule has 0 saturated heterocycles. The lowest BCUT2D eigenvalue weighted by Crippen LogP contribution is -2.07. The van der Waals surface area contributed by atoms with Gasteiger partial charge in [-0.1, -0.05) is 0 Å². The fourth-order valence-electron chi connectivity index (χ4n) is 4.06. The van der Waals surface area contributed by atoms with Crippen molar-refractivity contribution in [3.8, 4) is 34.0 Å². The summed E-state index contributed by atoms with van der Waals surface area (Å²) in [5, 5.41) is 0. The van der Waals surface area contributed by atoms with Crippen LogP contribution in [-0.4, -0.2) is 33.0 Å². The largest absolute Gasteiger partial charge is 0.465 e. The quantitative estimate of drug-likeness (QED) is 0.189. The maximum absolute atomic E-state index is 15.0. The molecule has 0 aliphatic heterocycles. The molecular formula is C27H18F5N5O3. The molecule has 2 heterocycles. The number of hydrogen-bond acceptors (Lipinski definition) is 7. The van der Waals surface area contributed by atoms with Crippen molar-refractivity contribution in [2.24, 2.45) is 0 Å². The van der Waals surface area contributed by atoms with E-state index in [0.29, 0.717) is 5.69 Å². The highest BCUT2D eigenvalue weighted by Crippen LogP contribution is 2.41. The zero-order valence-corrected chi connectivity index (χ0v) is 20.7. The van der Waals surface area contributed by atoms with Gasteiger partial charge in [0.1, 0.15) is 22.8 Å². The molecule has 3 aromatic carbocycles. The number of nitrogens with one attached hydrogen (secondary N) is 1. The normalized spacial score (nSPS) is 11.6. The van der Waals surface area contributed by atoms with Crippen LogP contribution in [0.3, 0.4) is 0 Å². The number of nitrogen functional groups attached to an aromatic ring is 1. The summed E-state index contributed by atoms with van der Waals surface area (Å²) in [6.07, 6.45) is -3.59. The third-order valence-electron chi connectivity index (χ3n) is 6.01. The zero-order valence-electron chi connectivity index (χ0n) is 20.7. The number of methoxy groups -OCH3 is 1. The smallest absolute Gasteiger partial charge is 0.420 e. The number of anilines is 1. The highest BCUT2D eigenvalue weighted by atomic mass is 19.4. The van der Waals surface area contributed by atoms with E-state index in [4.69, 9.17) is 10.5 Å². The number of carbonyl (C=O) groups excluding carboxylic acids is 1. The molecule has 2 aromatic heterocycles. The van der Waals surface area contributed by atoms with Crippen molar-refractivity contribution in [3.63, 3.8) is 0 Å². The van der Waals surface area contributed by atoms with E-state index >= 15 is 4.39 Å². The Kier molecular flexibility index (Phi) is 6.57. The van der Waals surface area contributed by atoms with Gasteiger partial charge in [-0.15, -0.1) is 0 Å². The van der Waals surface area contributed by atoms with Gasteiger partial charge >= 0.3 is 12.1 Å². The fourth-order valence-corrected chi connectivity index (χ4v) is 4.06. The van der Waals surface area contributed by atoms with Gasteiger partial charge in [0.2, 0.25) is 5.95 Å². The molecule has 0 bridgehead atoms. The maximum atomic E-state index is 15.0. The number of hydrogen-bond donors (Lipinski definition) is 2. The topological polar surface area (TPSA) is 116 Å². The third kappa shape index (κ3) is 4.88. The van der Waals surface area contributed by atoms with Gasteiger partial charge in [-0.05, 0) is 55.5 Å². The standard InChI is InChI=1S/C27H18F5N5O3/c1-12-17(11-34-26(33)35-12)16-10-19-23(22(29)21(16)28)37-24(36-19)14-5-8-20(18(9-14)27(30,31)32)40-15-6-3-13(4-7-15)25(38)39-2/h3-11H,1-2H3,(H,36,37)(H2,33,34,35). The Morgan fingerprint density at radius 2 is 1.70 bits per heavy atom. The Bertz CT molecular complexity index is 1770. The zero-order chi connectivity index (χ0) is 28.8. The van der Waals surface area contributed by atoms with E-state index < -0.39 is 40.6 Å². The number of nitrogens with zero attached hydrogens (tertiary/aromatic N) is 3. The number of aryl methyl sites for hydroxylation is 1. The monoisotopic (exact) mass is 555 g/mol. The van der Waals surface area contributed by atoms with Crippen LogP contribution >= 0.6 is 0 Å². The van der Waals surface area contributed by atoms with E-state index in [1.54, 1.807) is 6.92 Å². The van der Waals surface area contributed by atoms with E-state index in [2.05, 4.69) is 24.7 Å². The van der Waals surface area contributed by atoms with Crippen molar-refractivity contribution in [1.29, 1.82) is 0 Å². The second kappa shape index (κ2) is 9.91. The molecular weight excluding hydrogens is 537 g/mol. The molecule has 0 saturated carbocycles. The summed E-state index contributed by atoms with van der Waals surface area (Å²) >= 11 is 0. The first kappa shape index (κ1) is 26.5. The molecule has 40 heavy (non-hydrogen) atoms. The number of fused-ring (bicyclic) bond motifs is 1. The number of H-pyrrole nitrogens is 1.